The molecular formula is C31H43N5O5. The minimum atomic E-state index is -1.04. The molecule has 0 radical (unpaired) electrons. The Balaban J connectivity index is 1.58. The Bertz CT molecular complexity index is 1270. The highest BCUT2D eigenvalue weighted by atomic mass is 16.4. The van der Waals surface area contributed by atoms with Crippen LogP contribution in [0, 0.1) is 17.3 Å². The number of aliphatic carboxylic acids is 1. The number of H-pyrrole nitrogens is 1. The molecule has 2 aromatic rings. The van der Waals surface area contributed by atoms with E-state index in [1.807, 2.05) is 18.2 Å². The Kier molecular flexibility index (Phi) is 9.19. The lowest BCUT2D eigenvalue weighted by molar-refractivity contribution is -0.138. The number of carbonyl (C=O) groups excluding carboxylic acids is 3. The zero-order chi connectivity index (χ0) is 29.9. The van der Waals surface area contributed by atoms with Crippen molar-refractivity contribution in [3.8, 4) is 0 Å². The molecule has 5 atom stereocenters. The standard InChI is InChI=1S/C31H43N5O5/c1-6-18(2)23(17-31(3,4)5)28(39)34-24-11-10-19-8-7-9-20-14-25(36(27(19)20)30(24)41)29(40)33-22(16-26(37)38)15-21-12-13-32-35-21/h7-9,12-13,18,22-25H,6,10-11,14-17H2,1-5H3,(H,32,35)(H,33,40)(H,34,39)(H,37,38)/t18-,22+,23-,24?,25-/m0/s1. The van der Waals surface area contributed by atoms with Crippen LogP contribution < -0.4 is 15.5 Å². The van der Waals surface area contributed by atoms with E-state index in [-0.39, 0.29) is 41.9 Å². The van der Waals surface area contributed by atoms with Crippen LogP contribution in [0.3, 0.4) is 0 Å². The first-order chi connectivity index (χ1) is 19.4. The Morgan fingerprint density at radius 2 is 1.93 bits per heavy atom. The van der Waals surface area contributed by atoms with E-state index in [0.29, 0.717) is 31.4 Å². The van der Waals surface area contributed by atoms with Gasteiger partial charge in [-0.15, -0.1) is 0 Å². The number of benzene rings is 1. The largest absolute Gasteiger partial charge is 0.481 e. The second kappa shape index (κ2) is 12.4. The summed E-state index contributed by atoms with van der Waals surface area (Å²) in [5.74, 6) is -1.95. The molecule has 0 saturated carbocycles. The summed E-state index contributed by atoms with van der Waals surface area (Å²) in [6.07, 6.45) is 4.48. The Hall–Kier alpha value is -3.69. The number of aryl methyl sites for hydroxylation is 1. The number of nitrogens with one attached hydrogen (secondary N) is 3. The van der Waals surface area contributed by atoms with Gasteiger partial charge in [0, 0.05) is 36.7 Å². The fraction of sp³-hybridized carbons (Fsp3) is 0.581. The molecule has 1 aromatic carbocycles. The van der Waals surface area contributed by atoms with Crippen molar-refractivity contribution in [1.29, 1.82) is 0 Å². The molecule has 41 heavy (non-hydrogen) atoms. The number of aromatic nitrogens is 2. The minimum absolute atomic E-state index is 0.0507. The van der Waals surface area contributed by atoms with Gasteiger partial charge in [0.15, 0.2) is 0 Å². The van der Waals surface area contributed by atoms with E-state index in [1.54, 1.807) is 17.2 Å². The highest BCUT2D eigenvalue weighted by Crippen LogP contribution is 2.39. The second-order valence-corrected chi connectivity index (χ2v) is 12.8. The molecule has 2 aliphatic heterocycles. The number of aromatic amines is 1. The number of carboxylic acid groups (broad SMARTS) is 1. The zero-order valence-electron chi connectivity index (χ0n) is 24.7. The van der Waals surface area contributed by atoms with Gasteiger partial charge in [0.1, 0.15) is 12.1 Å². The molecule has 1 aromatic heterocycles. The van der Waals surface area contributed by atoms with Crippen molar-refractivity contribution in [3.63, 3.8) is 0 Å². The van der Waals surface area contributed by atoms with E-state index >= 15 is 0 Å². The summed E-state index contributed by atoms with van der Waals surface area (Å²) in [6.45, 7) is 10.5. The lowest BCUT2D eigenvalue weighted by Gasteiger charge is -2.32. The summed E-state index contributed by atoms with van der Waals surface area (Å²) in [5.41, 5.74) is 3.26. The normalized spacial score (nSPS) is 20.5. The molecule has 10 heteroatoms. The van der Waals surface area contributed by atoms with Gasteiger partial charge in [0.25, 0.3) is 0 Å². The highest BCUT2D eigenvalue weighted by Gasteiger charge is 2.45. The lowest BCUT2D eigenvalue weighted by atomic mass is 9.77. The van der Waals surface area contributed by atoms with Gasteiger partial charge in [0.05, 0.1) is 12.1 Å². The van der Waals surface area contributed by atoms with Crippen molar-refractivity contribution in [2.24, 2.45) is 17.3 Å². The molecule has 10 nitrogen and oxygen atoms in total. The third-order valence-corrected chi connectivity index (χ3v) is 8.32. The Morgan fingerprint density at radius 1 is 1.20 bits per heavy atom. The number of amides is 3. The quantitative estimate of drug-likeness (QED) is 0.329. The summed E-state index contributed by atoms with van der Waals surface area (Å²) in [4.78, 5) is 54.6. The van der Waals surface area contributed by atoms with Crippen molar-refractivity contribution >= 4 is 29.4 Å². The van der Waals surface area contributed by atoms with Gasteiger partial charge in [-0.05, 0) is 47.8 Å². The molecule has 4 N–H and O–H groups in total. The van der Waals surface area contributed by atoms with E-state index < -0.39 is 30.0 Å². The molecule has 0 bridgehead atoms. The van der Waals surface area contributed by atoms with E-state index in [4.69, 9.17) is 0 Å². The number of nitrogens with zero attached hydrogens (tertiary/aromatic N) is 2. The minimum Gasteiger partial charge on any atom is -0.481 e. The molecule has 4 rings (SSSR count). The molecule has 222 valence electrons. The van der Waals surface area contributed by atoms with E-state index in [2.05, 4.69) is 55.4 Å². The van der Waals surface area contributed by atoms with Gasteiger partial charge in [-0.25, -0.2) is 0 Å². The van der Waals surface area contributed by atoms with Gasteiger partial charge in [-0.2, -0.15) is 5.10 Å². The first-order valence-electron chi connectivity index (χ1n) is 14.6. The van der Waals surface area contributed by atoms with Gasteiger partial charge in [0.2, 0.25) is 17.7 Å². The topological polar surface area (TPSA) is 144 Å². The third-order valence-electron chi connectivity index (χ3n) is 8.32. The van der Waals surface area contributed by atoms with Crippen LogP contribution in [0.15, 0.2) is 30.5 Å². The lowest BCUT2D eigenvalue weighted by Crippen LogP contribution is -2.56. The summed E-state index contributed by atoms with van der Waals surface area (Å²) >= 11 is 0. The average molecular weight is 566 g/mol. The monoisotopic (exact) mass is 565 g/mol. The van der Waals surface area contributed by atoms with Crippen molar-refractivity contribution < 1.29 is 24.3 Å². The van der Waals surface area contributed by atoms with Gasteiger partial charge in [-0.1, -0.05) is 59.2 Å². The van der Waals surface area contributed by atoms with Crippen LogP contribution in [-0.4, -0.2) is 57.1 Å². The summed E-state index contributed by atoms with van der Waals surface area (Å²) in [7, 11) is 0. The first kappa shape index (κ1) is 30.3. The predicted molar refractivity (Wildman–Crippen MR) is 155 cm³/mol. The van der Waals surface area contributed by atoms with Gasteiger partial charge >= 0.3 is 5.97 Å². The van der Waals surface area contributed by atoms with E-state index in [9.17, 15) is 24.3 Å². The third kappa shape index (κ3) is 7.15. The van der Waals surface area contributed by atoms with Crippen LogP contribution in [0.2, 0.25) is 0 Å². The molecule has 0 aliphatic carbocycles. The summed E-state index contributed by atoms with van der Waals surface area (Å²) < 4.78 is 0. The maximum atomic E-state index is 14.1. The first-order valence-corrected chi connectivity index (χ1v) is 14.6. The molecule has 0 fully saturated rings. The van der Waals surface area contributed by atoms with Crippen LogP contribution in [0.25, 0.3) is 0 Å². The van der Waals surface area contributed by atoms with Gasteiger partial charge in [-0.3, -0.25) is 29.2 Å². The average Bonchev–Trinajstić information content (AvgIpc) is 3.52. The van der Waals surface area contributed by atoms with Gasteiger partial charge < -0.3 is 15.7 Å². The molecular weight excluding hydrogens is 522 g/mol. The fourth-order valence-corrected chi connectivity index (χ4v) is 6.10. The number of hydrogen-bond donors (Lipinski definition) is 4. The zero-order valence-corrected chi connectivity index (χ0v) is 24.7. The number of rotatable bonds is 11. The summed E-state index contributed by atoms with van der Waals surface area (Å²) in [6, 6.07) is 5.27. The maximum Gasteiger partial charge on any atom is 0.305 e. The molecule has 3 amide bonds. The molecule has 1 unspecified atom stereocenters. The number of para-hydroxylation sites is 1. The van der Waals surface area contributed by atoms with E-state index in [0.717, 1.165) is 23.2 Å². The molecule has 3 heterocycles. The van der Waals surface area contributed by atoms with E-state index in [1.165, 1.54) is 0 Å². The van der Waals surface area contributed by atoms with Crippen LogP contribution in [0.1, 0.15) is 77.1 Å². The highest BCUT2D eigenvalue weighted by molar-refractivity contribution is 6.08. The number of anilines is 1. The van der Waals surface area contributed by atoms with Crippen molar-refractivity contribution in [3.05, 3.63) is 47.3 Å². The molecule has 2 aliphatic rings. The van der Waals surface area contributed by atoms with Crippen molar-refractivity contribution in [2.45, 2.75) is 97.7 Å². The Morgan fingerprint density at radius 3 is 2.56 bits per heavy atom. The van der Waals surface area contributed by atoms with Crippen molar-refractivity contribution in [2.75, 3.05) is 4.90 Å². The molecule has 0 saturated heterocycles. The predicted octanol–water partition coefficient (Wildman–Crippen LogP) is 3.40. The van der Waals surface area contributed by atoms with Crippen LogP contribution >= 0.6 is 0 Å². The SMILES string of the molecule is CC[C@H](C)[C@H](CC(C)(C)C)C(=O)NC1CCc2cccc3c2N(C1=O)[C@H](C(=O)N[C@@H](CC(=O)O)Cc1ccn[nH]1)C3. The summed E-state index contributed by atoms with van der Waals surface area (Å²) in [5, 5.41) is 22.1. The molecule has 0 spiro atoms. The van der Waals surface area contributed by atoms with Crippen LogP contribution in [0.4, 0.5) is 5.69 Å². The van der Waals surface area contributed by atoms with Crippen LogP contribution in [0.5, 0.6) is 0 Å². The smallest absolute Gasteiger partial charge is 0.305 e. The van der Waals surface area contributed by atoms with Crippen LogP contribution in [-0.2, 0) is 38.4 Å². The number of carboxylic acids is 1. The fourth-order valence-electron chi connectivity index (χ4n) is 6.10. The second-order valence-electron chi connectivity index (χ2n) is 12.8. The van der Waals surface area contributed by atoms with Crippen molar-refractivity contribution in [1.82, 2.24) is 20.8 Å². The number of carbonyl (C=O) groups is 4. The maximum absolute atomic E-state index is 14.1. The number of hydrogen-bond acceptors (Lipinski definition) is 5. The Labute approximate surface area is 241 Å².